The van der Waals surface area contributed by atoms with E-state index in [4.69, 9.17) is 9.97 Å². The molecule has 10 bridgehead atoms. The molecule has 148 valence electrons. The van der Waals surface area contributed by atoms with Crippen LogP contribution in [0.1, 0.15) is 23.3 Å². The van der Waals surface area contributed by atoms with Crippen molar-refractivity contribution in [1.29, 1.82) is 0 Å². The lowest BCUT2D eigenvalue weighted by molar-refractivity contribution is -0.112. The normalized spacial score (nSPS) is 21.1. The number of allylic oxidation sites excluding steroid dienone is 2. The Kier molecular flexibility index (Phi) is 3.28. The lowest BCUT2D eigenvalue weighted by Crippen LogP contribution is -2.26. The van der Waals surface area contributed by atoms with Gasteiger partial charge in [0, 0.05) is 11.1 Å². The van der Waals surface area contributed by atoms with E-state index in [1.807, 2.05) is 36.4 Å². The summed E-state index contributed by atoms with van der Waals surface area (Å²) >= 11 is 1.31. The van der Waals surface area contributed by atoms with Crippen molar-refractivity contribution in [2.45, 2.75) is 5.25 Å². The largest absolute Gasteiger partial charge is 0.325 e. The summed E-state index contributed by atoms with van der Waals surface area (Å²) in [4.78, 5) is 46.5. The number of carbonyl (C=O) groups excluding carboxylic acids is 1. The highest BCUT2D eigenvalue weighted by Gasteiger charge is 2.43. The summed E-state index contributed by atoms with van der Waals surface area (Å²) in [7, 11) is 0. The molecule has 10 heteroatoms. The average Bonchev–Trinajstić information content (AvgIpc) is 3.53. The Morgan fingerprint density at radius 1 is 0.677 bits per heavy atom. The van der Waals surface area contributed by atoms with Crippen LogP contribution in [0.4, 0.5) is 0 Å². The maximum absolute atomic E-state index is 12.5. The smallest absolute Gasteiger partial charge is 0.201 e. The van der Waals surface area contributed by atoms with E-state index in [0.717, 1.165) is 11.1 Å². The Morgan fingerprint density at radius 2 is 1.32 bits per heavy atom. The summed E-state index contributed by atoms with van der Waals surface area (Å²) in [6.45, 7) is 0. The number of thioether (sulfide) groups is 1. The van der Waals surface area contributed by atoms with Gasteiger partial charge in [0.2, 0.25) is 5.12 Å². The maximum atomic E-state index is 12.5. The molecule has 0 spiro atoms. The minimum absolute atomic E-state index is 0.110. The fourth-order valence-electron chi connectivity index (χ4n) is 4.06. The second-order valence-corrected chi connectivity index (χ2v) is 8.52. The molecule has 7 heterocycles. The van der Waals surface area contributed by atoms with Crippen molar-refractivity contribution >= 4 is 62.8 Å². The van der Waals surface area contributed by atoms with E-state index in [2.05, 4.69) is 29.9 Å². The number of nitrogens with one attached hydrogen (secondary N) is 2. The van der Waals surface area contributed by atoms with Gasteiger partial charge in [-0.3, -0.25) is 4.79 Å². The first-order valence-corrected chi connectivity index (χ1v) is 10.6. The van der Waals surface area contributed by atoms with Crippen molar-refractivity contribution in [3.63, 3.8) is 0 Å². The van der Waals surface area contributed by atoms with Crippen LogP contribution in [0.5, 0.6) is 0 Å². The van der Waals surface area contributed by atoms with Crippen LogP contribution in [-0.4, -0.2) is 50.2 Å². The molecule has 4 aliphatic heterocycles. The number of hydrogen-bond acceptors (Lipinski definition) is 8. The van der Waals surface area contributed by atoms with Crippen LogP contribution in [0, 0.1) is 5.92 Å². The van der Waals surface area contributed by atoms with E-state index in [-0.39, 0.29) is 16.3 Å². The van der Waals surface area contributed by atoms with Crippen LogP contribution in [0.15, 0.2) is 36.4 Å². The minimum Gasteiger partial charge on any atom is -0.325 e. The number of carbonyl (C=O) groups is 1. The summed E-state index contributed by atoms with van der Waals surface area (Å²) in [5.74, 6) is 1.73. The van der Waals surface area contributed by atoms with Gasteiger partial charge in [-0.05, 0) is 36.4 Å². The highest BCUT2D eigenvalue weighted by molar-refractivity contribution is 8.15. The van der Waals surface area contributed by atoms with Gasteiger partial charge in [-0.2, -0.15) is 0 Å². The Labute approximate surface area is 178 Å². The second-order valence-electron chi connectivity index (χ2n) is 7.37. The summed E-state index contributed by atoms with van der Waals surface area (Å²) in [6.07, 6.45) is 7.58. The van der Waals surface area contributed by atoms with Crippen LogP contribution in [0.25, 0.3) is 45.9 Å². The lowest BCUT2D eigenvalue weighted by atomic mass is 9.88. The van der Waals surface area contributed by atoms with Crippen LogP contribution >= 0.6 is 11.8 Å². The maximum Gasteiger partial charge on any atom is 0.201 e. The number of aromatic nitrogens is 8. The quantitative estimate of drug-likeness (QED) is 0.413. The van der Waals surface area contributed by atoms with Crippen LogP contribution in [0.2, 0.25) is 0 Å². The van der Waals surface area contributed by atoms with Crippen molar-refractivity contribution in [2.24, 2.45) is 5.92 Å². The number of H-pyrrole nitrogens is 2. The molecule has 8 rings (SSSR count). The molecule has 3 aromatic heterocycles. The first-order valence-electron chi connectivity index (χ1n) is 9.68. The van der Waals surface area contributed by atoms with E-state index in [1.54, 1.807) is 12.2 Å². The molecular weight excluding hydrogens is 412 g/mol. The zero-order valence-corrected chi connectivity index (χ0v) is 16.6. The van der Waals surface area contributed by atoms with Crippen molar-refractivity contribution < 1.29 is 4.79 Å². The van der Waals surface area contributed by atoms with Crippen molar-refractivity contribution in [3.8, 4) is 0 Å². The van der Waals surface area contributed by atoms with Gasteiger partial charge in [-0.15, -0.1) is 0 Å². The highest BCUT2D eigenvalue weighted by atomic mass is 32.2. The summed E-state index contributed by atoms with van der Waals surface area (Å²) in [5.41, 5.74) is 4.33. The third-order valence-corrected chi connectivity index (χ3v) is 6.53. The minimum atomic E-state index is -0.364. The highest BCUT2D eigenvalue weighted by Crippen LogP contribution is 2.50. The molecule has 9 nitrogen and oxygen atoms in total. The molecule has 2 atom stereocenters. The van der Waals surface area contributed by atoms with Crippen molar-refractivity contribution in [2.75, 3.05) is 0 Å². The number of hydrogen-bond donors (Lipinski definition) is 2. The summed E-state index contributed by atoms with van der Waals surface area (Å²) in [6, 6.07) is 7.36. The molecule has 3 aromatic rings. The third-order valence-electron chi connectivity index (χ3n) is 5.40. The van der Waals surface area contributed by atoms with Crippen molar-refractivity contribution in [3.05, 3.63) is 59.7 Å². The van der Waals surface area contributed by atoms with Gasteiger partial charge in [-0.1, -0.05) is 23.9 Å². The fraction of sp³-hybridized carbons (Fsp3) is 0.0952. The van der Waals surface area contributed by atoms with E-state index in [9.17, 15) is 4.79 Å². The van der Waals surface area contributed by atoms with Gasteiger partial charge in [0.05, 0.1) is 11.2 Å². The summed E-state index contributed by atoms with van der Waals surface area (Å²) in [5, 5.41) is -0.00608. The molecular formula is C21H12N8OS. The Hall–Kier alpha value is -3.92. The number of nitrogens with zero attached hydrogens (tertiary/aromatic N) is 6. The van der Waals surface area contributed by atoms with E-state index >= 15 is 0 Å². The third kappa shape index (κ3) is 2.61. The van der Waals surface area contributed by atoms with Crippen LogP contribution < -0.4 is 0 Å². The molecule has 1 aliphatic carbocycles. The number of rotatable bonds is 0. The van der Waals surface area contributed by atoms with Gasteiger partial charge in [-0.25, -0.2) is 29.9 Å². The molecule has 2 unspecified atom stereocenters. The Bertz CT molecular complexity index is 1560. The average molecular weight is 424 g/mol. The molecule has 0 fully saturated rings. The Morgan fingerprint density at radius 3 is 2.06 bits per heavy atom. The second kappa shape index (κ2) is 6.05. The van der Waals surface area contributed by atoms with Gasteiger partial charge in [0.25, 0.3) is 0 Å². The van der Waals surface area contributed by atoms with Crippen molar-refractivity contribution in [1.82, 2.24) is 39.9 Å². The fourth-order valence-corrected chi connectivity index (χ4v) is 5.18. The molecule has 0 saturated heterocycles. The number of aromatic amines is 2. The van der Waals surface area contributed by atoms with Gasteiger partial charge in [0.15, 0.2) is 23.3 Å². The molecule has 0 aromatic carbocycles. The topological polar surface area (TPSA) is 126 Å². The zero-order valence-electron chi connectivity index (χ0n) is 15.8. The molecule has 5 aliphatic rings. The van der Waals surface area contributed by atoms with E-state index in [0.29, 0.717) is 45.9 Å². The van der Waals surface area contributed by atoms with Gasteiger partial charge >= 0.3 is 0 Å². The first kappa shape index (κ1) is 16.8. The first-order chi connectivity index (χ1) is 15.2. The Balaban J connectivity index is 1.57. The SMILES string of the molecule is O=C1SC2C=CC1C1=C2c2nc3nc(nc4ccc(nc5ccc(nc1n2)[nH]5)[nH]4)C=C3. The monoisotopic (exact) mass is 424 g/mol. The van der Waals surface area contributed by atoms with Gasteiger partial charge < -0.3 is 9.97 Å². The van der Waals surface area contributed by atoms with Crippen LogP contribution in [-0.2, 0) is 4.79 Å². The van der Waals surface area contributed by atoms with E-state index < -0.39 is 0 Å². The molecule has 0 radical (unpaired) electrons. The zero-order chi connectivity index (χ0) is 20.5. The summed E-state index contributed by atoms with van der Waals surface area (Å²) < 4.78 is 0. The molecule has 0 saturated carbocycles. The predicted molar refractivity (Wildman–Crippen MR) is 117 cm³/mol. The lowest BCUT2D eigenvalue weighted by Gasteiger charge is -2.29. The molecule has 2 N–H and O–H groups in total. The predicted octanol–water partition coefficient (Wildman–Crippen LogP) is 2.80. The standard InChI is InChI=1S/C21H12N8OS/c30-21-9-1-2-10(31-21)18-17(9)19-27-15-7-5-13(25-15)23-11-3-4-12(22-11)24-14-6-8-16(26-14)28-20(18)29-19/h1-10H,(H2,22,23,24,25,26,27,28,29). The molecule has 0 amide bonds. The number of fused-ring (bicyclic) bond motifs is 9. The van der Waals surface area contributed by atoms with E-state index in [1.165, 1.54) is 11.8 Å². The van der Waals surface area contributed by atoms with Gasteiger partial charge in [0.1, 0.15) is 22.6 Å². The molecule has 31 heavy (non-hydrogen) atoms. The van der Waals surface area contributed by atoms with Crippen LogP contribution in [0.3, 0.4) is 0 Å².